The van der Waals surface area contributed by atoms with E-state index in [1.807, 2.05) is 0 Å². The van der Waals surface area contributed by atoms with Crippen LogP contribution in [-0.4, -0.2) is 8.80 Å². The minimum absolute atomic E-state index is 1.14. The lowest BCUT2D eigenvalue weighted by molar-refractivity contribution is 1.29. The van der Waals surface area contributed by atoms with Crippen molar-refractivity contribution in [1.82, 2.24) is 8.80 Å². The minimum Gasteiger partial charge on any atom is -0.310 e. The summed E-state index contributed by atoms with van der Waals surface area (Å²) in [5.41, 5.74) is 16.8. The summed E-state index contributed by atoms with van der Waals surface area (Å²) in [7, 11) is 0. The molecule has 13 rings (SSSR count). The predicted octanol–water partition coefficient (Wildman–Crippen LogP) is 15.5. The quantitative estimate of drug-likeness (QED) is 0.167. The maximum absolute atomic E-state index is 2.53. The Morgan fingerprint density at radius 1 is 0.300 bits per heavy atom. The topological polar surface area (TPSA) is 15.3 Å². The van der Waals surface area contributed by atoms with Crippen molar-refractivity contribution in [1.29, 1.82) is 0 Å². The van der Waals surface area contributed by atoms with Crippen LogP contribution >= 0.6 is 0 Å². The Morgan fingerprint density at radius 2 is 0.667 bits per heavy atom. The van der Waals surface area contributed by atoms with Crippen LogP contribution in [0.5, 0.6) is 0 Å². The Balaban J connectivity index is 1.09. The van der Waals surface area contributed by atoms with Gasteiger partial charge in [-0.2, -0.15) is 0 Å². The van der Waals surface area contributed by atoms with E-state index in [2.05, 4.69) is 227 Å². The predicted molar refractivity (Wildman–Crippen MR) is 255 cm³/mol. The van der Waals surface area contributed by atoms with E-state index in [0.717, 1.165) is 22.7 Å². The summed E-state index contributed by atoms with van der Waals surface area (Å²) < 4.78 is 5.06. The van der Waals surface area contributed by atoms with Crippen LogP contribution in [0.15, 0.2) is 194 Å². The normalized spacial score (nSPS) is 12.2. The summed E-state index contributed by atoms with van der Waals surface area (Å²) in [6.07, 6.45) is 0. The van der Waals surface area contributed by atoms with Gasteiger partial charge in [-0.05, 0) is 98.8 Å². The van der Waals surface area contributed by atoms with E-state index in [-0.39, 0.29) is 0 Å². The Morgan fingerprint density at radius 3 is 1.08 bits per heavy atom. The standard InChI is InChI=1S/C56H38N4/c1-35-25-29-39(30-26-35)57(37-13-5-3-6-14-37)47-21-11-23-49-53(47)43-19-9-17-41-45-34-52-46(33-51(45)59(49)55(41)43)42-18-10-20-44-54-48(22-12-24-50(54)60(52)56(42)44)58(38-15-7-4-8-16-38)40-31-27-36(2)28-32-40/h3-34H,1-2H3. The van der Waals surface area contributed by atoms with Crippen LogP contribution in [-0.2, 0) is 0 Å². The molecular formula is C56H38N4. The third-order valence-corrected chi connectivity index (χ3v) is 12.9. The molecule has 282 valence electrons. The molecule has 0 unspecified atom stereocenters. The van der Waals surface area contributed by atoms with E-state index in [4.69, 9.17) is 0 Å². The van der Waals surface area contributed by atoms with Gasteiger partial charge in [-0.3, -0.25) is 0 Å². The number of benzene rings is 9. The molecule has 0 radical (unpaired) electrons. The number of hydrogen-bond donors (Lipinski definition) is 0. The second-order valence-corrected chi connectivity index (χ2v) is 16.3. The minimum atomic E-state index is 1.14. The fourth-order valence-electron chi connectivity index (χ4n) is 10.3. The van der Waals surface area contributed by atoms with E-state index in [0.29, 0.717) is 0 Å². The van der Waals surface area contributed by atoms with Crippen molar-refractivity contribution in [2.75, 3.05) is 9.80 Å². The average Bonchev–Trinajstić information content (AvgIpc) is 4.02. The highest BCUT2D eigenvalue weighted by molar-refractivity contribution is 6.31. The number of aromatic nitrogens is 2. The molecule has 4 heterocycles. The van der Waals surface area contributed by atoms with Crippen LogP contribution in [0.25, 0.3) is 76.2 Å². The summed E-state index contributed by atoms with van der Waals surface area (Å²) in [4.78, 5) is 4.82. The van der Waals surface area contributed by atoms with Gasteiger partial charge in [0.2, 0.25) is 0 Å². The molecule has 0 aliphatic rings. The van der Waals surface area contributed by atoms with Gasteiger partial charge in [-0.1, -0.05) is 120 Å². The molecule has 13 aromatic rings. The highest BCUT2D eigenvalue weighted by atomic mass is 15.2. The first kappa shape index (κ1) is 33.2. The molecular weight excluding hydrogens is 729 g/mol. The maximum atomic E-state index is 2.53. The number of hydrogen-bond acceptors (Lipinski definition) is 2. The molecule has 0 saturated heterocycles. The van der Waals surface area contributed by atoms with Gasteiger partial charge in [0.05, 0.1) is 44.5 Å². The molecule has 0 bridgehead atoms. The van der Waals surface area contributed by atoms with E-state index < -0.39 is 0 Å². The second kappa shape index (κ2) is 12.3. The Hall–Kier alpha value is -7.82. The molecule has 0 atom stereocenters. The maximum Gasteiger partial charge on any atom is 0.0621 e. The van der Waals surface area contributed by atoms with Gasteiger partial charge in [0.25, 0.3) is 0 Å². The Kier molecular flexibility index (Phi) is 6.83. The summed E-state index contributed by atoms with van der Waals surface area (Å²) in [5, 5.41) is 10.1. The van der Waals surface area contributed by atoms with Crippen molar-refractivity contribution in [3.8, 4) is 0 Å². The van der Waals surface area contributed by atoms with E-state index in [9.17, 15) is 0 Å². The van der Waals surface area contributed by atoms with Crippen molar-refractivity contribution in [2.45, 2.75) is 13.8 Å². The Bertz CT molecular complexity index is 3520. The molecule has 0 N–H and O–H groups in total. The molecule has 0 amide bonds. The zero-order valence-corrected chi connectivity index (χ0v) is 33.3. The molecule has 0 saturated carbocycles. The highest BCUT2D eigenvalue weighted by Gasteiger charge is 2.26. The molecule has 0 fully saturated rings. The fraction of sp³-hybridized carbons (Fsp3) is 0.0357. The van der Waals surface area contributed by atoms with Crippen LogP contribution in [0, 0.1) is 13.8 Å². The van der Waals surface area contributed by atoms with E-state index in [1.165, 1.54) is 98.7 Å². The van der Waals surface area contributed by atoms with Crippen molar-refractivity contribution >= 4 is 110 Å². The molecule has 0 aliphatic carbocycles. The lowest BCUT2D eigenvalue weighted by Gasteiger charge is -2.26. The van der Waals surface area contributed by atoms with Crippen LogP contribution in [0.4, 0.5) is 34.1 Å². The number of anilines is 6. The van der Waals surface area contributed by atoms with Crippen LogP contribution in [0.3, 0.4) is 0 Å². The SMILES string of the molecule is Cc1ccc(N(c2ccccc2)c2cccc3c2c2cccc4c5cc6c(cc5n3c42)c2cccc3c4c(N(c5ccccc5)c5ccc(C)cc5)cccc4n6c23)cc1. The molecule has 60 heavy (non-hydrogen) atoms. The van der Waals surface area contributed by atoms with Crippen molar-refractivity contribution < 1.29 is 0 Å². The molecule has 0 spiro atoms. The number of fused-ring (bicyclic) bond motifs is 12. The molecule has 4 nitrogen and oxygen atoms in total. The van der Waals surface area contributed by atoms with Gasteiger partial charge in [0, 0.05) is 65.8 Å². The molecule has 4 aromatic heterocycles. The van der Waals surface area contributed by atoms with Gasteiger partial charge in [-0.15, -0.1) is 0 Å². The lowest BCUT2D eigenvalue weighted by Crippen LogP contribution is -2.10. The number of nitrogens with zero attached hydrogens (tertiary/aromatic N) is 4. The molecule has 0 aliphatic heterocycles. The zero-order valence-electron chi connectivity index (χ0n) is 33.3. The number of rotatable bonds is 6. The zero-order chi connectivity index (χ0) is 39.6. The number of para-hydroxylation sites is 4. The third kappa shape index (κ3) is 4.50. The van der Waals surface area contributed by atoms with Gasteiger partial charge in [-0.25, -0.2) is 0 Å². The lowest BCUT2D eigenvalue weighted by atomic mass is 10.0. The monoisotopic (exact) mass is 766 g/mol. The van der Waals surface area contributed by atoms with Crippen molar-refractivity contribution in [3.63, 3.8) is 0 Å². The second-order valence-electron chi connectivity index (χ2n) is 16.3. The Labute approximate surface area is 346 Å². The van der Waals surface area contributed by atoms with Gasteiger partial charge in [0.15, 0.2) is 0 Å². The van der Waals surface area contributed by atoms with Crippen molar-refractivity contribution in [3.05, 3.63) is 205 Å². The third-order valence-electron chi connectivity index (χ3n) is 12.9. The molecule has 4 heteroatoms. The van der Waals surface area contributed by atoms with Crippen LogP contribution in [0.2, 0.25) is 0 Å². The average molecular weight is 767 g/mol. The van der Waals surface area contributed by atoms with Crippen molar-refractivity contribution in [2.24, 2.45) is 0 Å². The first-order valence-corrected chi connectivity index (χ1v) is 20.8. The van der Waals surface area contributed by atoms with E-state index in [1.54, 1.807) is 0 Å². The summed E-state index contributed by atoms with van der Waals surface area (Å²) >= 11 is 0. The van der Waals surface area contributed by atoms with Gasteiger partial charge < -0.3 is 18.6 Å². The summed E-state index contributed by atoms with van der Waals surface area (Å²) in [6, 6.07) is 71.5. The largest absolute Gasteiger partial charge is 0.310 e. The first-order chi connectivity index (χ1) is 29.6. The first-order valence-electron chi connectivity index (χ1n) is 20.8. The smallest absolute Gasteiger partial charge is 0.0621 e. The van der Waals surface area contributed by atoms with E-state index >= 15 is 0 Å². The van der Waals surface area contributed by atoms with Gasteiger partial charge in [0.1, 0.15) is 0 Å². The van der Waals surface area contributed by atoms with Crippen LogP contribution < -0.4 is 9.80 Å². The highest BCUT2D eigenvalue weighted by Crippen LogP contribution is 2.50. The molecule has 9 aromatic carbocycles. The summed E-state index contributed by atoms with van der Waals surface area (Å²) in [6.45, 7) is 4.30. The number of aryl methyl sites for hydroxylation is 2. The van der Waals surface area contributed by atoms with Gasteiger partial charge >= 0.3 is 0 Å². The fourth-order valence-corrected chi connectivity index (χ4v) is 10.3. The summed E-state index contributed by atoms with van der Waals surface area (Å²) in [5.74, 6) is 0. The van der Waals surface area contributed by atoms with Crippen LogP contribution in [0.1, 0.15) is 11.1 Å².